The average Bonchev–Trinajstić information content (AvgIpc) is 2.79. The summed E-state index contributed by atoms with van der Waals surface area (Å²) in [5.41, 5.74) is 1.86. The molecule has 0 aliphatic heterocycles. The molecule has 0 spiro atoms. The molecule has 1 N–H and O–H groups in total. The normalized spacial score (nSPS) is 11.5. The minimum absolute atomic E-state index is 0.0412. The summed E-state index contributed by atoms with van der Waals surface area (Å²) in [6, 6.07) is 9.91. The van der Waals surface area contributed by atoms with Crippen LogP contribution in [-0.4, -0.2) is 39.0 Å². The Morgan fingerprint density at radius 3 is 2.42 bits per heavy atom. The number of methoxy groups -OCH3 is 1. The van der Waals surface area contributed by atoms with E-state index in [1.54, 1.807) is 30.3 Å². The van der Waals surface area contributed by atoms with E-state index in [0.29, 0.717) is 30.9 Å². The summed E-state index contributed by atoms with van der Waals surface area (Å²) in [5.74, 6) is -0.0109. The van der Waals surface area contributed by atoms with Gasteiger partial charge in [-0.25, -0.2) is 4.79 Å². The van der Waals surface area contributed by atoms with E-state index in [-0.39, 0.29) is 17.1 Å². The van der Waals surface area contributed by atoms with Crippen LogP contribution in [0.3, 0.4) is 0 Å². The molecule has 0 radical (unpaired) electrons. The van der Waals surface area contributed by atoms with Crippen molar-refractivity contribution in [3.63, 3.8) is 0 Å². The van der Waals surface area contributed by atoms with Crippen molar-refractivity contribution < 1.29 is 32.0 Å². The van der Waals surface area contributed by atoms with Crippen molar-refractivity contribution in [2.75, 3.05) is 19.5 Å². The molecule has 0 amide bonds. The van der Waals surface area contributed by atoms with Gasteiger partial charge < -0.3 is 18.8 Å². The molecule has 0 bridgehead atoms. The molecule has 0 atom stereocenters. The molecule has 0 heterocycles. The third-order valence-corrected chi connectivity index (χ3v) is 6.08. The van der Waals surface area contributed by atoms with E-state index in [0.717, 1.165) is 30.4 Å². The second kappa shape index (κ2) is 12.9. The van der Waals surface area contributed by atoms with E-state index in [1.807, 2.05) is 19.1 Å². The first-order valence-electron chi connectivity index (χ1n) is 11.0. The van der Waals surface area contributed by atoms with Crippen LogP contribution in [0.1, 0.15) is 61.0 Å². The zero-order chi connectivity index (χ0) is 24.3. The van der Waals surface area contributed by atoms with Gasteiger partial charge in [0.1, 0.15) is 5.75 Å². The Morgan fingerprint density at radius 2 is 1.76 bits per heavy atom. The highest BCUT2D eigenvalue weighted by Crippen LogP contribution is 2.30. The average molecular weight is 477 g/mol. The number of ether oxygens (including phenoxy) is 2. The Hall–Kier alpha value is -3.00. The Morgan fingerprint density at radius 1 is 1.00 bits per heavy atom. The molecule has 0 aliphatic rings. The first kappa shape index (κ1) is 26.3. The molecule has 2 aromatic carbocycles. The van der Waals surface area contributed by atoms with E-state index in [2.05, 4.69) is 6.92 Å². The number of rotatable bonds is 14. The highest BCUT2D eigenvalue weighted by atomic mass is 32.2. The molecule has 0 saturated carbocycles. The fourth-order valence-corrected chi connectivity index (χ4v) is 4.12. The summed E-state index contributed by atoms with van der Waals surface area (Å²) in [5, 5.41) is 9.25. The zero-order valence-corrected chi connectivity index (χ0v) is 20.2. The van der Waals surface area contributed by atoms with Gasteiger partial charge in [0.25, 0.3) is 0 Å². The molecule has 2 rings (SSSR count). The summed E-state index contributed by atoms with van der Waals surface area (Å²) in [7, 11) is -2.21. The highest BCUT2D eigenvalue weighted by Gasteiger charge is 2.16. The lowest BCUT2D eigenvalue weighted by Gasteiger charge is -2.12. The van der Waals surface area contributed by atoms with Crippen LogP contribution >= 0.6 is 0 Å². The number of carboxylic acids is 1. The number of aromatic carboxylic acids is 1. The summed E-state index contributed by atoms with van der Waals surface area (Å²) in [6.07, 6.45) is 7.50. The maximum Gasteiger partial charge on any atom is 0.335 e. The summed E-state index contributed by atoms with van der Waals surface area (Å²) >= 11 is 0. The standard InChI is InChI=1S/C25H32O7S/c1-4-6-15-31-23-18-21(25(26)27)13-12-20(23)10-8-9-19-11-14-22(24(17-19)30-3)32-33(28,29)16-7-5-2/h8,10-14,17-18H,4-7,9,15-16H2,1-3H3,(H,26,27)/b10-8+. The molecule has 2 aromatic rings. The smallest absolute Gasteiger partial charge is 0.335 e. The van der Waals surface area contributed by atoms with Crippen LogP contribution in [0.2, 0.25) is 0 Å². The van der Waals surface area contributed by atoms with Gasteiger partial charge in [-0.2, -0.15) is 8.42 Å². The van der Waals surface area contributed by atoms with E-state index < -0.39 is 16.1 Å². The zero-order valence-electron chi connectivity index (χ0n) is 19.4. The molecule has 0 unspecified atom stereocenters. The van der Waals surface area contributed by atoms with Gasteiger partial charge in [0.05, 0.1) is 25.0 Å². The van der Waals surface area contributed by atoms with E-state index in [1.165, 1.54) is 13.2 Å². The summed E-state index contributed by atoms with van der Waals surface area (Å²) in [4.78, 5) is 11.3. The first-order chi connectivity index (χ1) is 15.8. The minimum Gasteiger partial charge on any atom is -0.493 e. The first-order valence-corrected chi connectivity index (χ1v) is 12.6. The second-order valence-electron chi connectivity index (χ2n) is 7.55. The quantitative estimate of drug-likeness (QED) is 0.290. The van der Waals surface area contributed by atoms with Crippen LogP contribution < -0.4 is 13.7 Å². The van der Waals surface area contributed by atoms with Gasteiger partial charge in [0.15, 0.2) is 11.5 Å². The van der Waals surface area contributed by atoms with Crippen LogP contribution in [0.25, 0.3) is 6.08 Å². The SMILES string of the molecule is CCCCOc1cc(C(=O)O)ccc1/C=C/Cc1ccc(OS(=O)(=O)CCCC)c(OC)c1. The summed E-state index contributed by atoms with van der Waals surface area (Å²) in [6.45, 7) is 4.49. The van der Waals surface area contributed by atoms with Crippen molar-refractivity contribution in [2.45, 2.75) is 46.0 Å². The number of carbonyl (C=O) groups is 1. The van der Waals surface area contributed by atoms with Crippen LogP contribution in [0.5, 0.6) is 17.2 Å². The van der Waals surface area contributed by atoms with E-state index >= 15 is 0 Å². The lowest BCUT2D eigenvalue weighted by Crippen LogP contribution is -2.14. The van der Waals surface area contributed by atoms with Gasteiger partial charge in [0, 0.05) is 5.56 Å². The van der Waals surface area contributed by atoms with Crippen LogP contribution in [0.15, 0.2) is 42.5 Å². The van der Waals surface area contributed by atoms with Gasteiger partial charge in [-0.3, -0.25) is 0 Å². The number of allylic oxidation sites excluding steroid dienone is 1. The van der Waals surface area contributed by atoms with Crippen LogP contribution in [0, 0.1) is 0 Å². The molecule has 0 saturated heterocycles. The van der Waals surface area contributed by atoms with Crippen molar-refractivity contribution >= 4 is 22.2 Å². The fraction of sp³-hybridized carbons (Fsp3) is 0.400. The van der Waals surface area contributed by atoms with Crippen molar-refractivity contribution in [3.05, 3.63) is 59.2 Å². The molecule has 7 nitrogen and oxygen atoms in total. The van der Waals surface area contributed by atoms with Gasteiger partial charge in [-0.1, -0.05) is 51.0 Å². The Bertz CT molecular complexity index is 1060. The van der Waals surface area contributed by atoms with Crippen LogP contribution in [-0.2, 0) is 16.5 Å². The maximum absolute atomic E-state index is 12.1. The lowest BCUT2D eigenvalue weighted by molar-refractivity contribution is 0.0696. The molecule has 0 aromatic heterocycles. The largest absolute Gasteiger partial charge is 0.493 e. The Labute approximate surface area is 196 Å². The molecular weight excluding hydrogens is 444 g/mol. The Balaban J connectivity index is 2.15. The number of carboxylic acid groups (broad SMARTS) is 1. The lowest BCUT2D eigenvalue weighted by atomic mass is 10.1. The maximum atomic E-state index is 12.1. The number of unbranched alkanes of at least 4 members (excludes halogenated alkanes) is 2. The minimum atomic E-state index is -3.67. The highest BCUT2D eigenvalue weighted by molar-refractivity contribution is 7.87. The van der Waals surface area contributed by atoms with Crippen molar-refractivity contribution in [1.29, 1.82) is 0 Å². The number of hydrogen-bond acceptors (Lipinski definition) is 6. The van der Waals surface area contributed by atoms with E-state index in [9.17, 15) is 18.3 Å². The molecule has 33 heavy (non-hydrogen) atoms. The predicted molar refractivity (Wildman–Crippen MR) is 129 cm³/mol. The van der Waals surface area contributed by atoms with Crippen LogP contribution in [0.4, 0.5) is 0 Å². The molecule has 8 heteroatoms. The number of benzene rings is 2. The molecule has 0 aliphatic carbocycles. The third-order valence-electron chi connectivity index (χ3n) is 4.86. The molecular formula is C25H32O7S. The van der Waals surface area contributed by atoms with Gasteiger partial charge in [-0.05, 0) is 49.1 Å². The van der Waals surface area contributed by atoms with Gasteiger partial charge in [-0.15, -0.1) is 0 Å². The predicted octanol–water partition coefficient (Wildman–Crippen LogP) is 5.34. The van der Waals surface area contributed by atoms with Crippen molar-refractivity contribution in [2.24, 2.45) is 0 Å². The van der Waals surface area contributed by atoms with Crippen molar-refractivity contribution in [3.8, 4) is 17.2 Å². The monoisotopic (exact) mass is 476 g/mol. The summed E-state index contributed by atoms with van der Waals surface area (Å²) < 4.78 is 40.5. The van der Waals surface area contributed by atoms with Gasteiger partial charge in [0.2, 0.25) is 0 Å². The Kier molecular flexibility index (Phi) is 10.3. The number of hydrogen-bond donors (Lipinski definition) is 1. The van der Waals surface area contributed by atoms with E-state index in [4.69, 9.17) is 13.7 Å². The van der Waals surface area contributed by atoms with Crippen molar-refractivity contribution in [1.82, 2.24) is 0 Å². The third kappa shape index (κ3) is 8.46. The molecule has 0 fully saturated rings. The fourth-order valence-electron chi connectivity index (χ4n) is 2.99. The van der Waals surface area contributed by atoms with Gasteiger partial charge >= 0.3 is 16.1 Å². The molecule has 180 valence electrons. The topological polar surface area (TPSA) is 99.1 Å². The second-order valence-corrected chi connectivity index (χ2v) is 9.24.